The summed E-state index contributed by atoms with van der Waals surface area (Å²) in [6.45, 7) is 3.88. The first kappa shape index (κ1) is 15.3. The van der Waals surface area contributed by atoms with Gasteiger partial charge in [0, 0.05) is 22.6 Å². The van der Waals surface area contributed by atoms with Crippen molar-refractivity contribution in [2.45, 2.75) is 45.3 Å². The quantitative estimate of drug-likeness (QED) is 0.776. The highest BCUT2D eigenvalue weighted by Crippen LogP contribution is 2.26. The molecule has 0 saturated carbocycles. The van der Waals surface area contributed by atoms with Crippen LogP contribution < -0.4 is 5.32 Å². The second kappa shape index (κ2) is 6.45. The van der Waals surface area contributed by atoms with E-state index in [0.717, 1.165) is 15.7 Å². The van der Waals surface area contributed by atoms with Gasteiger partial charge in [0.25, 0.3) is 0 Å². The first-order chi connectivity index (χ1) is 8.28. The molecule has 5 heteroatoms. The van der Waals surface area contributed by atoms with Gasteiger partial charge in [-0.1, -0.05) is 6.07 Å². The van der Waals surface area contributed by atoms with Gasteiger partial charge in [-0.3, -0.25) is 0 Å². The van der Waals surface area contributed by atoms with Crippen molar-refractivity contribution >= 4 is 21.6 Å². The second-order valence-corrected chi connectivity index (χ2v) is 5.39. The Kier molecular flexibility index (Phi) is 5.50. The number of alkyl halides is 3. The molecule has 18 heavy (non-hydrogen) atoms. The van der Waals surface area contributed by atoms with Crippen molar-refractivity contribution in [3.8, 4) is 0 Å². The Labute approximate surface area is 114 Å². The fourth-order valence-electron chi connectivity index (χ4n) is 1.68. The van der Waals surface area contributed by atoms with Gasteiger partial charge in [0.2, 0.25) is 0 Å². The third-order valence-corrected chi connectivity index (χ3v) is 3.28. The van der Waals surface area contributed by atoms with E-state index in [1.807, 2.05) is 32.0 Å². The molecule has 0 radical (unpaired) electrons. The van der Waals surface area contributed by atoms with Gasteiger partial charge in [0.1, 0.15) is 0 Å². The Hall–Kier alpha value is -0.710. The molecule has 1 atom stereocenters. The Morgan fingerprint density at radius 2 is 2.00 bits per heavy atom. The van der Waals surface area contributed by atoms with E-state index >= 15 is 0 Å². The lowest BCUT2D eigenvalue weighted by atomic mass is 10.1. The predicted octanol–water partition coefficient (Wildman–Crippen LogP) is 5.29. The van der Waals surface area contributed by atoms with E-state index in [2.05, 4.69) is 21.2 Å². The van der Waals surface area contributed by atoms with E-state index in [1.165, 1.54) is 0 Å². The zero-order chi connectivity index (χ0) is 13.8. The van der Waals surface area contributed by atoms with Crippen molar-refractivity contribution in [3.63, 3.8) is 0 Å². The first-order valence-electron chi connectivity index (χ1n) is 5.87. The SMILES string of the molecule is Cc1ccc(NC(C)CCCC(F)(F)F)c(Br)c1. The monoisotopic (exact) mass is 323 g/mol. The third kappa shape index (κ3) is 5.76. The van der Waals surface area contributed by atoms with Crippen LogP contribution in [-0.2, 0) is 0 Å². The van der Waals surface area contributed by atoms with Crippen LogP contribution in [0.2, 0.25) is 0 Å². The lowest BCUT2D eigenvalue weighted by molar-refractivity contribution is -0.135. The number of nitrogens with one attached hydrogen (secondary N) is 1. The summed E-state index contributed by atoms with van der Waals surface area (Å²) in [5, 5.41) is 3.21. The van der Waals surface area contributed by atoms with Crippen molar-refractivity contribution in [2.24, 2.45) is 0 Å². The van der Waals surface area contributed by atoms with Crippen molar-refractivity contribution in [1.82, 2.24) is 0 Å². The normalized spacial score (nSPS) is 13.4. The van der Waals surface area contributed by atoms with Crippen LogP contribution in [0.4, 0.5) is 18.9 Å². The van der Waals surface area contributed by atoms with Crippen molar-refractivity contribution < 1.29 is 13.2 Å². The van der Waals surface area contributed by atoms with Crippen molar-refractivity contribution in [2.75, 3.05) is 5.32 Å². The molecule has 0 aliphatic carbocycles. The molecule has 0 heterocycles. The van der Waals surface area contributed by atoms with E-state index in [1.54, 1.807) is 0 Å². The second-order valence-electron chi connectivity index (χ2n) is 4.54. The molecule has 1 N–H and O–H groups in total. The summed E-state index contributed by atoms with van der Waals surface area (Å²) in [7, 11) is 0. The van der Waals surface area contributed by atoms with Gasteiger partial charge >= 0.3 is 6.18 Å². The first-order valence-corrected chi connectivity index (χ1v) is 6.66. The zero-order valence-corrected chi connectivity index (χ0v) is 12.0. The lowest BCUT2D eigenvalue weighted by Crippen LogP contribution is -2.17. The number of anilines is 1. The third-order valence-electron chi connectivity index (χ3n) is 2.62. The van der Waals surface area contributed by atoms with E-state index < -0.39 is 12.6 Å². The molecule has 1 aromatic rings. The van der Waals surface area contributed by atoms with Crippen LogP contribution in [0.3, 0.4) is 0 Å². The summed E-state index contributed by atoms with van der Waals surface area (Å²) >= 11 is 3.43. The minimum atomic E-state index is -4.05. The van der Waals surface area contributed by atoms with Crippen LogP contribution in [-0.4, -0.2) is 12.2 Å². The van der Waals surface area contributed by atoms with Gasteiger partial charge < -0.3 is 5.32 Å². The molecular weight excluding hydrogens is 307 g/mol. The van der Waals surface area contributed by atoms with Gasteiger partial charge in [-0.25, -0.2) is 0 Å². The Bertz CT molecular complexity index is 390. The topological polar surface area (TPSA) is 12.0 Å². The molecule has 0 fully saturated rings. The van der Waals surface area contributed by atoms with Gasteiger partial charge in [0.05, 0.1) is 0 Å². The largest absolute Gasteiger partial charge is 0.389 e. The number of aryl methyl sites for hydroxylation is 1. The molecule has 0 spiro atoms. The predicted molar refractivity (Wildman–Crippen MR) is 71.9 cm³/mol. The van der Waals surface area contributed by atoms with Crippen LogP contribution in [0.1, 0.15) is 31.7 Å². The summed E-state index contributed by atoms with van der Waals surface area (Å²) < 4.78 is 37.0. The van der Waals surface area contributed by atoms with Gasteiger partial charge in [-0.05, 0) is 60.3 Å². The number of hydrogen-bond acceptors (Lipinski definition) is 1. The Morgan fingerprint density at radius 1 is 1.33 bits per heavy atom. The molecule has 1 aromatic carbocycles. The standard InChI is InChI=1S/C13H17BrF3N/c1-9-5-6-12(11(14)8-9)18-10(2)4-3-7-13(15,16)17/h5-6,8,10,18H,3-4,7H2,1-2H3. The van der Waals surface area contributed by atoms with Gasteiger partial charge in [0.15, 0.2) is 0 Å². The smallest absolute Gasteiger partial charge is 0.382 e. The molecule has 1 nitrogen and oxygen atoms in total. The van der Waals surface area contributed by atoms with Gasteiger partial charge in [-0.15, -0.1) is 0 Å². The summed E-state index contributed by atoms with van der Waals surface area (Å²) in [6.07, 6.45) is -4.11. The highest BCUT2D eigenvalue weighted by Gasteiger charge is 2.26. The molecule has 102 valence electrons. The average molecular weight is 324 g/mol. The van der Waals surface area contributed by atoms with E-state index in [-0.39, 0.29) is 12.5 Å². The van der Waals surface area contributed by atoms with Crippen LogP contribution >= 0.6 is 15.9 Å². The maximum atomic E-state index is 12.0. The molecule has 0 aliphatic rings. The molecule has 0 saturated heterocycles. The molecular formula is C13H17BrF3N. The van der Waals surface area contributed by atoms with Crippen molar-refractivity contribution in [1.29, 1.82) is 0 Å². The van der Waals surface area contributed by atoms with Crippen LogP contribution in [0.25, 0.3) is 0 Å². The maximum absolute atomic E-state index is 12.0. The number of rotatable bonds is 5. The van der Waals surface area contributed by atoms with E-state index in [4.69, 9.17) is 0 Å². The van der Waals surface area contributed by atoms with Crippen LogP contribution in [0, 0.1) is 6.92 Å². The van der Waals surface area contributed by atoms with Crippen molar-refractivity contribution in [3.05, 3.63) is 28.2 Å². The van der Waals surface area contributed by atoms with E-state index in [0.29, 0.717) is 6.42 Å². The number of benzene rings is 1. The summed E-state index contributed by atoms with van der Waals surface area (Å²) in [6, 6.07) is 5.89. The molecule has 0 aliphatic heterocycles. The number of hydrogen-bond donors (Lipinski definition) is 1. The molecule has 0 aromatic heterocycles. The highest BCUT2D eigenvalue weighted by atomic mass is 79.9. The Balaban J connectivity index is 2.42. The molecule has 0 amide bonds. The van der Waals surface area contributed by atoms with E-state index in [9.17, 15) is 13.2 Å². The minimum absolute atomic E-state index is 0.0198. The highest BCUT2D eigenvalue weighted by molar-refractivity contribution is 9.10. The molecule has 1 rings (SSSR count). The maximum Gasteiger partial charge on any atom is 0.389 e. The average Bonchev–Trinajstić information content (AvgIpc) is 2.20. The van der Waals surface area contributed by atoms with Crippen LogP contribution in [0.5, 0.6) is 0 Å². The van der Waals surface area contributed by atoms with Crippen LogP contribution in [0.15, 0.2) is 22.7 Å². The Morgan fingerprint density at radius 3 is 2.56 bits per heavy atom. The summed E-state index contributed by atoms with van der Waals surface area (Å²) in [4.78, 5) is 0. The lowest BCUT2D eigenvalue weighted by Gasteiger charge is -2.17. The summed E-state index contributed by atoms with van der Waals surface area (Å²) in [5.41, 5.74) is 2.05. The minimum Gasteiger partial charge on any atom is -0.382 e. The fraction of sp³-hybridized carbons (Fsp3) is 0.538. The fourth-order valence-corrected chi connectivity index (χ4v) is 2.29. The van der Waals surface area contributed by atoms with Gasteiger partial charge in [-0.2, -0.15) is 13.2 Å². The summed E-state index contributed by atoms with van der Waals surface area (Å²) in [5.74, 6) is 0. The number of halogens is 4. The molecule has 1 unspecified atom stereocenters. The zero-order valence-electron chi connectivity index (χ0n) is 10.4. The molecule has 0 bridgehead atoms.